The lowest BCUT2D eigenvalue weighted by molar-refractivity contribution is 0.599. The van der Waals surface area contributed by atoms with Crippen LogP contribution in [0.15, 0.2) is 6.20 Å². The van der Waals surface area contributed by atoms with Gasteiger partial charge in [-0.15, -0.1) is 0 Å². The van der Waals surface area contributed by atoms with Crippen molar-refractivity contribution < 1.29 is 8.42 Å². The third kappa shape index (κ3) is 3.73. The third-order valence-corrected chi connectivity index (χ3v) is 3.80. The first-order chi connectivity index (χ1) is 7.96. The van der Waals surface area contributed by atoms with Crippen molar-refractivity contribution in [2.45, 2.75) is 32.2 Å². The van der Waals surface area contributed by atoms with E-state index in [2.05, 4.69) is 21.1 Å². The quantitative estimate of drug-likeness (QED) is 0.782. The van der Waals surface area contributed by atoms with Crippen molar-refractivity contribution in [2.75, 3.05) is 23.9 Å². The van der Waals surface area contributed by atoms with E-state index in [1.54, 1.807) is 0 Å². The summed E-state index contributed by atoms with van der Waals surface area (Å²) in [5.74, 6) is 1.10. The second-order valence-electron chi connectivity index (χ2n) is 4.75. The second kappa shape index (κ2) is 4.68. The Morgan fingerprint density at radius 1 is 1.53 bits per heavy atom. The number of aromatic nitrogens is 2. The van der Waals surface area contributed by atoms with Crippen LogP contribution in [0.25, 0.3) is 0 Å². The molecule has 1 aromatic rings. The van der Waals surface area contributed by atoms with E-state index in [0.29, 0.717) is 19.0 Å². The van der Waals surface area contributed by atoms with Gasteiger partial charge in [-0.25, -0.2) is 13.4 Å². The molecule has 5 nitrogen and oxygen atoms in total. The summed E-state index contributed by atoms with van der Waals surface area (Å²) < 4.78 is 24.1. The standard InChI is InChI=1S/C11H19N3O2S/c1-9-8-14(10-4-5-10)11(13-9)12-6-3-7-17(2,15)16/h8,10H,3-7H2,1-2H3,(H,12,13). The lowest BCUT2D eigenvalue weighted by Gasteiger charge is -2.07. The second-order valence-corrected chi connectivity index (χ2v) is 7.01. The minimum absolute atomic E-state index is 0.225. The zero-order valence-corrected chi connectivity index (χ0v) is 11.1. The Morgan fingerprint density at radius 2 is 2.24 bits per heavy atom. The molecule has 0 aromatic carbocycles. The van der Waals surface area contributed by atoms with E-state index >= 15 is 0 Å². The smallest absolute Gasteiger partial charge is 0.203 e. The zero-order valence-electron chi connectivity index (χ0n) is 10.3. The molecule has 2 rings (SSSR count). The van der Waals surface area contributed by atoms with Gasteiger partial charge >= 0.3 is 0 Å². The SMILES string of the molecule is Cc1cn(C2CC2)c(NCCCS(C)(=O)=O)n1. The van der Waals surface area contributed by atoms with E-state index in [4.69, 9.17) is 0 Å². The van der Waals surface area contributed by atoms with Crippen molar-refractivity contribution in [1.82, 2.24) is 9.55 Å². The number of sulfone groups is 1. The van der Waals surface area contributed by atoms with E-state index in [0.717, 1.165) is 11.6 Å². The molecule has 0 spiro atoms. The molecule has 1 aromatic heterocycles. The van der Waals surface area contributed by atoms with Crippen molar-refractivity contribution in [3.8, 4) is 0 Å². The fraction of sp³-hybridized carbons (Fsp3) is 0.727. The van der Waals surface area contributed by atoms with Gasteiger partial charge in [-0.2, -0.15) is 0 Å². The predicted molar refractivity (Wildman–Crippen MR) is 68.1 cm³/mol. The number of anilines is 1. The molecule has 1 aliphatic carbocycles. The largest absolute Gasteiger partial charge is 0.356 e. The molecule has 0 unspecified atom stereocenters. The topological polar surface area (TPSA) is 64.0 Å². The molecule has 0 bridgehead atoms. The Balaban J connectivity index is 1.86. The van der Waals surface area contributed by atoms with Crippen LogP contribution in [0, 0.1) is 6.92 Å². The van der Waals surface area contributed by atoms with Crippen LogP contribution in [0.5, 0.6) is 0 Å². The van der Waals surface area contributed by atoms with Crippen LogP contribution in [0.3, 0.4) is 0 Å². The Kier molecular flexibility index (Phi) is 3.42. The van der Waals surface area contributed by atoms with E-state index in [1.165, 1.54) is 19.1 Å². The van der Waals surface area contributed by atoms with Crippen LogP contribution >= 0.6 is 0 Å². The lowest BCUT2D eigenvalue weighted by Crippen LogP contribution is -2.12. The molecule has 1 fully saturated rings. The molecule has 1 aliphatic rings. The molecule has 0 aliphatic heterocycles. The molecule has 96 valence electrons. The average Bonchev–Trinajstić information content (AvgIpc) is 2.97. The van der Waals surface area contributed by atoms with E-state index in [9.17, 15) is 8.42 Å². The number of hydrogen-bond donors (Lipinski definition) is 1. The van der Waals surface area contributed by atoms with E-state index in [-0.39, 0.29) is 5.75 Å². The summed E-state index contributed by atoms with van der Waals surface area (Å²) in [6.07, 6.45) is 6.37. The van der Waals surface area contributed by atoms with Gasteiger partial charge in [0.25, 0.3) is 0 Å². The number of imidazole rings is 1. The van der Waals surface area contributed by atoms with E-state index in [1.807, 2.05) is 6.92 Å². The predicted octanol–water partition coefficient (Wildman–Crippen LogP) is 1.37. The maximum absolute atomic E-state index is 11.0. The normalized spacial score (nSPS) is 16.1. The zero-order chi connectivity index (χ0) is 12.5. The summed E-state index contributed by atoms with van der Waals surface area (Å²) in [4.78, 5) is 4.41. The van der Waals surface area contributed by atoms with Crippen molar-refractivity contribution in [1.29, 1.82) is 0 Å². The molecule has 0 amide bonds. The first-order valence-electron chi connectivity index (χ1n) is 5.93. The Hall–Kier alpha value is -1.04. The van der Waals surface area contributed by atoms with Gasteiger partial charge in [0.05, 0.1) is 11.4 Å². The summed E-state index contributed by atoms with van der Waals surface area (Å²) in [5.41, 5.74) is 1.00. The lowest BCUT2D eigenvalue weighted by atomic mass is 10.5. The van der Waals surface area contributed by atoms with Gasteiger partial charge in [-0.3, -0.25) is 0 Å². The molecule has 17 heavy (non-hydrogen) atoms. The molecular weight excluding hydrogens is 238 g/mol. The van der Waals surface area contributed by atoms with Crippen LogP contribution in [-0.4, -0.2) is 36.5 Å². The first kappa shape index (κ1) is 12.4. The summed E-state index contributed by atoms with van der Waals surface area (Å²) in [6, 6.07) is 0.591. The highest BCUT2D eigenvalue weighted by Gasteiger charge is 2.26. The number of hydrogen-bond acceptors (Lipinski definition) is 4. The van der Waals surface area contributed by atoms with Gasteiger partial charge in [-0.05, 0) is 26.2 Å². The summed E-state index contributed by atoms with van der Waals surface area (Å²) in [5, 5.41) is 3.22. The minimum Gasteiger partial charge on any atom is -0.356 e. The molecule has 1 heterocycles. The van der Waals surface area contributed by atoms with Crippen molar-refractivity contribution >= 4 is 15.8 Å². The van der Waals surface area contributed by atoms with Crippen molar-refractivity contribution in [3.05, 3.63) is 11.9 Å². The van der Waals surface area contributed by atoms with Crippen molar-refractivity contribution in [3.63, 3.8) is 0 Å². The number of nitrogens with zero attached hydrogens (tertiary/aromatic N) is 2. The van der Waals surface area contributed by atoms with Gasteiger partial charge in [0, 0.05) is 25.0 Å². The van der Waals surface area contributed by atoms with Gasteiger partial charge in [0.2, 0.25) is 5.95 Å². The fourth-order valence-electron chi connectivity index (χ4n) is 1.81. The molecule has 1 saturated carbocycles. The maximum Gasteiger partial charge on any atom is 0.203 e. The number of rotatable bonds is 6. The molecule has 1 N–H and O–H groups in total. The average molecular weight is 257 g/mol. The Labute approximate surface area is 102 Å². The van der Waals surface area contributed by atoms with Crippen LogP contribution in [0.4, 0.5) is 5.95 Å². The molecule has 6 heteroatoms. The van der Waals surface area contributed by atoms with Crippen molar-refractivity contribution in [2.24, 2.45) is 0 Å². The van der Waals surface area contributed by atoms with Gasteiger partial charge in [0.15, 0.2) is 0 Å². The first-order valence-corrected chi connectivity index (χ1v) is 7.99. The summed E-state index contributed by atoms with van der Waals surface area (Å²) in [7, 11) is -2.85. The molecule has 0 saturated heterocycles. The van der Waals surface area contributed by atoms with Crippen LogP contribution in [0.1, 0.15) is 31.0 Å². The van der Waals surface area contributed by atoms with Gasteiger partial charge < -0.3 is 9.88 Å². The highest BCUT2D eigenvalue weighted by molar-refractivity contribution is 7.90. The molecule has 0 radical (unpaired) electrons. The Bertz CT molecular complexity index is 489. The van der Waals surface area contributed by atoms with Gasteiger partial charge in [0.1, 0.15) is 9.84 Å². The monoisotopic (exact) mass is 257 g/mol. The number of nitrogens with one attached hydrogen (secondary N) is 1. The van der Waals surface area contributed by atoms with Crippen LogP contribution in [-0.2, 0) is 9.84 Å². The Morgan fingerprint density at radius 3 is 2.82 bits per heavy atom. The molecule has 0 atom stereocenters. The van der Waals surface area contributed by atoms with Crippen LogP contribution < -0.4 is 5.32 Å². The number of aryl methyl sites for hydroxylation is 1. The molecular formula is C11H19N3O2S. The summed E-state index contributed by atoms with van der Waals surface area (Å²) in [6.45, 7) is 2.62. The highest BCUT2D eigenvalue weighted by atomic mass is 32.2. The third-order valence-electron chi connectivity index (χ3n) is 2.77. The fourth-order valence-corrected chi connectivity index (χ4v) is 2.48. The minimum atomic E-state index is -2.85. The van der Waals surface area contributed by atoms with E-state index < -0.39 is 9.84 Å². The van der Waals surface area contributed by atoms with Gasteiger partial charge in [-0.1, -0.05) is 0 Å². The van der Waals surface area contributed by atoms with Crippen LogP contribution in [0.2, 0.25) is 0 Å². The maximum atomic E-state index is 11.0. The highest BCUT2D eigenvalue weighted by Crippen LogP contribution is 2.37. The summed E-state index contributed by atoms with van der Waals surface area (Å²) >= 11 is 0.